The summed E-state index contributed by atoms with van der Waals surface area (Å²) in [4.78, 5) is 20.7. The van der Waals surface area contributed by atoms with E-state index < -0.39 is 38.1 Å². The molecule has 0 fully saturated rings. The number of hydrogen-bond donors (Lipinski definition) is 3. The van der Waals surface area contributed by atoms with Crippen molar-refractivity contribution in [1.82, 2.24) is 0 Å². The van der Waals surface area contributed by atoms with Crippen LogP contribution in [0, 0.1) is 0 Å². The summed E-state index contributed by atoms with van der Waals surface area (Å²) < 4.78 is 31.0. The van der Waals surface area contributed by atoms with Crippen molar-refractivity contribution in [2.24, 2.45) is 0 Å². The first kappa shape index (κ1) is 13.9. The number of carbonyl (C=O) groups is 2. The van der Waals surface area contributed by atoms with Crippen molar-refractivity contribution in [3.05, 3.63) is 35.9 Å². The Hall–Kier alpha value is -2.19. The van der Waals surface area contributed by atoms with Gasteiger partial charge in [-0.2, -0.15) is 8.42 Å². The summed E-state index contributed by atoms with van der Waals surface area (Å²) in [6.07, 6.45) is 0.354. The highest BCUT2D eigenvalue weighted by molar-refractivity contribution is 7.86. The predicted octanol–water partition coefficient (Wildman–Crippen LogP) is 0.486. The van der Waals surface area contributed by atoms with Crippen molar-refractivity contribution in [3.8, 4) is 0 Å². The molecular weight excluding hydrogens is 264 g/mol. The SMILES string of the molecule is O=C(O)C=C(C(=O)O)c1ccccc1S(=O)(=O)O. The maximum atomic E-state index is 11.1. The molecule has 18 heavy (non-hydrogen) atoms. The molecule has 0 heterocycles. The fourth-order valence-corrected chi connectivity index (χ4v) is 2.00. The second kappa shape index (κ2) is 4.98. The number of carboxylic acid groups (broad SMARTS) is 2. The molecule has 0 aliphatic carbocycles. The molecule has 3 N–H and O–H groups in total. The van der Waals surface area contributed by atoms with E-state index in [0.29, 0.717) is 6.08 Å². The van der Waals surface area contributed by atoms with Gasteiger partial charge in [-0.05, 0) is 6.07 Å². The van der Waals surface area contributed by atoms with Crippen LogP contribution in [0.1, 0.15) is 5.56 Å². The first-order chi connectivity index (χ1) is 8.23. The summed E-state index contributed by atoms with van der Waals surface area (Å²) in [5.74, 6) is -3.16. The minimum atomic E-state index is -4.64. The second-order valence-electron chi connectivity index (χ2n) is 3.17. The van der Waals surface area contributed by atoms with E-state index in [1.54, 1.807) is 0 Å². The minimum absolute atomic E-state index is 0.354. The standard InChI is InChI=1S/C10H8O7S/c11-9(12)5-7(10(13)14)6-3-1-2-4-8(6)18(15,16)17/h1-5H,(H,11,12)(H,13,14)(H,15,16,17). The second-order valence-corrected chi connectivity index (χ2v) is 4.56. The summed E-state index contributed by atoms with van der Waals surface area (Å²) in [5.41, 5.74) is -1.13. The van der Waals surface area contributed by atoms with Crippen LogP contribution < -0.4 is 0 Å². The number of carboxylic acids is 2. The van der Waals surface area contributed by atoms with E-state index in [1.807, 2.05) is 0 Å². The Morgan fingerprint density at radius 2 is 1.67 bits per heavy atom. The van der Waals surface area contributed by atoms with Gasteiger partial charge in [0.25, 0.3) is 10.1 Å². The molecule has 1 rings (SSSR count). The zero-order valence-electron chi connectivity index (χ0n) is 8.77. The zero-order valence-corrected chi connectivity index (χ0v) is 9.59. The highest BCUT2D eigenvalue weighted by Gasteiger charge is 2.21. The third kappa shape index (κ3) is 3.15. The van der Waals surface area contributed by atoms with Gasteiger partial charge in [0, 0.05) is 11.6 Å². The van der Waals surface area contributed by atoms with Gasteiger partial charge in [-0.1, -0.05) is 18.2 Å². The van der Waals surface area contributed by atoms with Gasteiger partial charge >= 0.3 is 11.9 Å². The van der Waals surface area contributed by atoms with Crippen LogP contribution in [0.3, 0.4) is 0 Å². The van der Waals surface area contributed by atoms with E-state index in [-0.39, 0.29) is 0 Å². The fourth-order valence-electron chi connectivity index (χ4n) is 1.29. The molecule has 0 saturated heterocycles. The molecule has 0 bridgehead atoms. The smallest absolute Gasteiger partial charge is 0.336 e. The summed E-state index contributed by atoms with van der Waals surface area (Å²) in [5, 5.41) is 17.4. The third-order valence-electron chi connectivity index (χ3n) is 1.95. The lowest BCUT2D eigenvalue weighted by atomic mass is 10.1. The average Bonchev–Trinajstić information content (AvgIpc) is 2.24. The van der Waals surface area contributed by atoms with E-state index in [4.69, 9.17) is 14.8 Å². The Morgan fingerprint density at radius 1 is 1.11 bits per heavy atom. The number of benzene rings is 1. The highest BCUT2D eigenvalue weighted by atomic mass is 32.2. The van der Waals surface area contributed by atoms with Crippen molar-refractivity contribution >= 4 is 27.6 Å². The number of rotatable bonds is 4. The van der Waals surface area contributed by atoms with Gasteiger partial charge in [0.15, 0.2) is 0 Å². The topological polar surface area (TPSA) is 129 Å². The Labute approximate surface area is 102 Å². The Kier molecular flexibility index (Phi) is 3.84. The van der Waals surface area contributed by atoms with Crippen molar-refractivity contribution in [3.63, 3.8) is 0 Å². The molecular formula is C10H8O7S. The normalized spacial score (nSPS) is 12.2. The summed E-state index contributed by atoms with van der Waals surface area (Å²) in [6.45, 7) is 0. The number of aliphatic carboxylic acids is 2. The molecule has 0 aliphatic heterocycles. The van der Waals surface area contributed by atoms with Crippen molar-refractivity contribution in [1.29, 1.82) is 0 Å². The van der Waals surface area contributed by atoms with E-state index in [0.717, 1.165) is 12.1 Å². The highest BCUT2D eigenvalue weighted by Crippen LogP contribution is 2.23. The maximum absolute atomic E-state index is 11.1. The molecule has 96 valence electrons. The molecule has 0 unspecified atom stereocenters. The molecule has 0 saturated carbocycles. The molecule has 1 aromatic rings. The molecule has 0 amide bonds. The fraction of sp³-hybridized carbons (Fsp3) is 0. The molecule has 8 heteroatoms. The first-order valence-corrected chi connectivity index (χ1v) is 5.92. The first-order valence-electron chi connectivity index (χ1n) is 4.48. The minimum Gasteiger partial charge on any atom is -0.478 e. The van der Waals surface area contributed by atoms with Crippen LogP contribution in [0.25, 0.3) is 5.57 Å². The van der Waals surface area contributed by atoms with Crippen LogP contribution in [0.5, 0.6) is 0 Å². The monoisotopic (exact) mass is 272 g/mol. The Bertz CT molecular complexity index is 627. The van der Waals surface area contributed by atoms with Gasteiger partial charge < -0.3 is 10.2 Å². The van der Waals surface area contributed by atoms with E-state index >= 15 is 0 Å². The summed E-state index contributed by atoms with van der Waals surface area (Å²) in [6, 6.07) is 4.66. The largest absolute Gasteiger partial charge is 0.478 e. The molecule has 0 aliphatic rings. The molecule has 0 spiro atoms. The lowest BCUT2D eigenvalue weighted by Gasteiger charge is -2.06. The van der Waals surface area contributed by atoms with Gasteiger partial charge in [0.1, 0.15) is 4.90 Å². The molecule has 1 aromatic carbocycles. The van der Waals surface area contributed by atoms with Gasteiger partial charge in [0.2, 0.25) is 0 Å². The molecule has 0 aromatic heterocycles. The lowest BCUT2D eigenvalue weighted by molar-refractivity contribution is -0.133. The summed E-state index contributed by atoms with van der Waals surface area (Å²) >= 11 is 0. The molecule has 0 atom stereocenters. The van der Waals surface area contributed by atoms with Crippen LogP contribution in [0.2, 0.25) is 0 Å². The predicted molar refractivity (Wildman–Crippen MR) is 59.5 cm³/mol. The van der Waals surface area contributed by atoms with Crippen LogP contribution in [-0.4, -0.2) is 35.1 Å². The van der Waals surface area contributed by atoms with Crippen LogP contribution in [0.4, 0.5) is 0 Å². The zero-order chi connectivity index (χ0) is 13.9. The van der Waals surface area contributed by atoms with Crippen molar-refractivity contribution in [2.45, 2.75) is 4.90 Å². The Morgan fingerprint density at radius 3 is 2.11 bits per heavy atom. The molecule has 7 nitrogen and oxygen atoms in total. The van der Waals surface area contributed by atoms with Gasteiger partial charge in [-0.3, -0.25) is 4.55 Å². The average molecular weight is 272 g/mol. The van der Waals surface area contributed by atoms with Crippen molar-refractivity contribution < 1.29 is 32.8 Å². The summed E-state index contributed by atoms with van der Waals surface area (Å²) in [7, 11) is -4.64. The third-order valence-corrected chi connectivity index (χ3v) is 2.87. The van der Waals surface area contributed by atoms with Crippen molar-refractivity contribution in [2.75, 3.05) is 0 Å². The quantitative estimate of drug-likeness (QED) is 0.537. The Balaban J connectivity index is 3.58. The van der Waals surface area contributed by atoms with Crippen LogP contribution >= 0.6 is 0 Å². The van der Waals surface area contributed by atoms with E-state index in [1.165, 1.54) is 12.1 Å². The van der Waals surface area contributed by atoms with E-state index in [2.05, 4.69) is 0 Å². The van der Waals surface area contributed by atoms with Crippen LogP contribution in [-0.2, 0) is 19.7 Å². The van der Waals surface area contributed by atoms with Gasteiger partial charge in [-0.25, -0.2) is 9.59 Å². The van der Waals surface area contributed by atoms with Gasteiger partial charge in [-0.15, -0.1) is 0 Å². The van der Waals surface area contributed by atoms with E-state index in [9.17, 15) is 18.0 Å². The molecule has 0 radical (unpaired) electrons. The van der Waals surface area contributed by atoms with Crippen LogP contribution in [0.15, 0.2) is 35.2 Å². The maximum Gasteiger partial charge on any atom is 0.336 e. The number of hydrogen-bond acceptors (Lipinski definition) is 4. The van der Waals surface area contributed by atoms with Gasteiger partial charge in [0.05, 0.1) is 5.57 Å². The lowest BCUT2D eigenvalue weighted by Crippen LogP contribution is -2.08.